The summed E-state index contributed by atoms with van der Waals surface area (Å²) in [5.74, 6) is 1.10. The second kappa shape index (κ2) is 9.47. The van der Waals surface area contributed by atoms with Crippen LogP contribution >= 0.6 is 0 Å². The number of hydrogen-bond acceptors (Lipinski definition) is 3. The van der Waals surface area contributed by atoms with E-state index in [1.54, 1.807) is 26.4 Å². The maximum absolute atomic E-state index is 13.8. The van der Waals surface area contributed by atoms with Gasteiger partial charge in [0.15, 0.2) is 11.5 Å². The largest absolute Gasteiger partial charge is 0.493 e. The van der Waals surface area contributed by atoms with Gasteiger partial charge in [-0.2, -0.15) is 0 Å². The summed E-state index contributed by atoms with van der Waals surface area (Å²) in [4.78, 5) is 13.7. The number of fused-ring (bicyclic) bond motifs is 1. The van der Waals surface area contributed by atoms with Gasteiger partial charge in [-0.1, -0.05) is 26.0 Å². The van der Waals surface area contributed by atoms with Gasteiger partial charge in [-0.25, -0.2) is 4.39 Å². The van der Waals surface area contributed by atoms with Crippen molar-refractivity contribution in [3.05, 3.63) is 58.9 Å². The number of amides is 1. The lowest BCUT2D eigenvalue weighted by Gasteiger charge is -2.38. The van der Waals surface area contributed by atoms with Crippen LogP contribution in [0.4, 0.5) is 4.39 Å². The second-order valence-electron chi connectivity index (χ2n) is 8.30. The molecule has 1 unspecified atom stereocenters. The highest BCUT2D eigenvalue weighted by Gasteiger charge is 2.37. The fourth-order valence-electron chi connectivity index (χ4n) is 4.32. The molecule has 0 aromatic heterocycles. The minimum Gasteiger partial charge on any atom is -0.493 e. The highest BCUT2D eigenvalue weighted by atomic mass is 19.1. The lowest BCUT2D eigenvalue weighted by molar-refractivity contribution is -0.948. The van der Waals surface area contributed by atoms with E-state index in [0.717, 1.165) is 24.1 Å². The lowest BCUT2D eigenvalue weighted by Crippen LogP contribution is -3.13. The number of rotatable bonds is 7. The Hall–Kier alpha value is -2.60. The van der Waals surface area contributed by atoms with E-state index in [1.807, 2.05) is 39.0 Å². The van der Waals surface area contributed by atoms with Crippen LogP contribution in [0.5, 0.6) is 11.5 Å². The van der Waals surface area contributed by atoms with Crippen LogP contribution in [0.1, 0.15) is 43.5 Å². The molecule has 0 bridgehead atoms. The molecule has 2 aromatic carbocycles. The predicted octanol–water partition coefficient (Wildman–Crippen LogP) is 2.69. The van der Waals surface area contributed by atoms with Crippen molar-refractivity contribution in [3.63, 3.8) is 0 Å². The van der Waals surface area contributed by atoms with E-state index >= 15 is 0 Å². The minimum atomic E-state index is -0.228. The van der Waals surface area contributed by atoms with Crippen LogP contribution < -0.4 is 19.7 Å². The zero-order chi connectivity index (χ0) is 21.8. The van der Waals surface area contributed by atoms with Gasteiger partial charge in [-0.3, -0.25) is 4.79 Å². The van der Waals surface area contributed by atoms with Crippen molar-refractivity contribution in [3.8, 4) is 11.5 Å². The summed E-state index contributed by atoms with van der Waals surface area (Å²) >= 11 is 0. The summed E-state index contributed by atoms with van der Waals surface area (Å²) < 4.78 is 24.8. The van der Waals surface area contributed by atoms with Crippen molar-refractivity contribution in [2.45, 2.75) is 45.8 Å². The predicted molar refractivity (Wildman–Crippen MR) is 114 cm³/mol. The van der Waals surface area contributed by atoms with Crippen LogP contribution in [0, 0.1) is 11.7 Å². The Balaban J connectivity index is 1.99. The number of carbonyl (C=O) groups excluding carboxylic acids is 1. The van der Waals surface area contributed by atoms with Gasteiger partial charge in [0.2, 0.25) is 5.91 Å². The summed E-state index contributed by atoms with van der Waals surface area (Å²) in [7, 11) is 3.26. The summed E-state index contributed by atoms with van der Waals surface area (Å²) in [5.41, 5.74) is 3.29. The molecule has 6 heteroatoms. The summed E-state index contributed by atoms with van der Waals surface area (Å²) in [6.45, 7) is 7.39. The Kier molecular flexibility index (Phi) is 6.98. The topological polar surface area (TPSA) is 52.0 Å². The number of benzene rings is 2. The third kappa shape index (κ3) is 4.75. The van der Waals surface area contributed by atoms with E-state index in [0.29, 0.717) is 18.0 Å². The van der Waals surface area contributed by atoms with Gasteiger partial charge in [-0.15, -0.1) is 0 Å². The van der Waals surface area contributed by atoms with Gasteiger partial charge in [0.25, 0.3) is 0 Å². The molecule has 3 rings (SSSR count). The Bertz CT molecular complexity index is 900. The number of halogens is 1. The first-order chi connectivity index (χ1) is 14.3. The summed E-state index contributed by atoms with van der Waals surface area (Å²) in [5, 5.41) is 3.18. The first-order valence-corrected chi connectivity index (χ1v) is 10.5. The van der Waals surface area contributed by atoms with E-state index < -0.39 is 0 Å². The molecule has 2 N–H and O–H groups in total. The van der Waals surface area contributed by atoms with E-state index in [1.165, 1.54) is 16.5 Å². The molecule has 0 fully saturated rings. The molecule has 0 saturated heterocycles. The summed E-state index contributed by atoms with van der Waals surface area (Å²) in [6, 6.07) is 10.7. The van der Waals surface area contributed by atoms with Crippen LogP contribution in [-0.4, -0.2) is 32.7 Å². The average Bonchev–Trinajstić information content (AvgIpc) is 2.72. The maximum atomic E-state index is 13.8. The molecular weight excluding hydrogens is 383 g/mol. The molecule has 0 saturated carbocycles. The van der Waals surface area contributed by atoms with Crippen molar-refractivity contribution >= 4 is 5.91 Å². The molecule has 0 radical (unpaired) electrons. The number of hydrogen-bond donors (Lipinski definition) is 2. The number of carbonyl (C=O) groups is 1. The van der Waals surface area contributed by atoms with Gasteiger partial charge >= 0.3 is 0 Å². The molecule has 1 aliphatic heterocycles. The van der Waals surface area contributed by atoms with E-state index in [2.05, 4.69) is 5.32 Å². The van der Waals surface area contributed by atoms with Crippen molar-refractivity contribution in [2.75, 3.05) is 20.8 Å². The maximum Gasteiger partial charge on any atom is 0.222 e. The lowest BCUT2D eigenvalue weighted by atomic mass is 9.87. The van der Waals surface area contributed by atoms with E-state index in [4.69, 9.17) is 9.47 Å². The molecule has 162 valence electrons. The fraction of sp³-hybridized carbons (Fsp3) is 0.458. The first-order valence-electron chi connectivity index (χ1n) is 10.5. The minimum absolute atomic E-state index is 0.0134. The molecule has 0 spiro atoms. The Morgan fingerprint density at radius 1 is 1.17 bits per heavy atom. The summed E-state index contributed by atoms with van der Waals surface area (Å²) in [6.07, 6.45) is 0.877. The number of nitrogens with one attached hydrogen (secondary N) is 2. The second-order valence-corrected chi connectivity index (χ2v) is 8.30. The Labute approximate surface area is 178 Å². The molecule has 3 atom stereocenters. The molecule has 1 heterocycles. The first kappa shape index (κ1) is 22.1. The average molecular weight is 416 g/mol. The molecule has 1 aliphatic rings. The third-order valence-corrected chi connectivity index (χ3v) is 5.85. The quantitative estimate of drug-likeness (QED) is 0.731. The van der Waals surface area contributed by atoms with Crippen LogP contribution in [0.2, 0.25) is 0 Å². The van der Waals surface area contributed by atoms with Crippen LogP contribution in [0.25, 0.3) is 0 Å². The number of methoxy groups -OCH3 is 2. The normalized spacial score (nSPS) is 19.2. The number of quaternary nitrogens is 1. The standard InChI is InChI=1S/C24H31FN2O3/c1-15(2)24(28)26-16(3)23-20-13-22(30-5)21(29-4)12-18(20)9-10-27(23)14-17-7-6-8-19(25)11-17/h6-8,11-13,15-16,23H,9-10,14H2,1-5H3,(H,26,28)/p+1/t16-,23+/m1/s1. The SMILES string of the molecule is COc1cc2c(cc1OC)[C@H]([C@@H](C)NC(=O)C(C)C)[NH+](Cc1cccc(F)c1)CC2. The molecular formula is C24H32FN2O3+. The molecule has 5 nitrogen and oxygen atoms in total. The van der Waals surface area contributed by atoms with Crippen molar-refractivity contribution in [2.24, 2.45) is 5.92 Å². The van der Waals surface area contributed by atoms with Crippen molar-refractivity contribution in [1.82, 2.24) is 5.32 Å². The molecule has 0 aliphatic carbocycles. The van der Waals surface area contributed by atoms with Crippen molar-refractivity contribution in [1.29, 1.82) is 0 Å². The Morgan fingerprint density at radius 2 is 1.87 bits per heavy atom. The van der Waals surface area contributed by atoms with Crippen LogP contribution in [-0.2, 0) is 17.8 Å². The van der Waals surface area contributed by atoms with Gasteiger partial charge in [0.05, 0.1) is 26.8 Å². The monoisotopic (exact) mass is 415 g/mol. The van der Waals surface area contributed by atoms with Gasteiger partial charge in [-0.05, 0) is 36.8 Å². The molecule has 1 amide bonds. The van der Waals surface area contributed by atoms with Crippen LogP contribution in [0.3, 0.4) is 0 Å². The van der Waals surface area contributed by atoms with E-state index in [9.17, 15) is 9.18 Å². The fourth-order valence-corrected chi connectivity index (χ4v) is 4.32. The third-order valence-electron chi connectivity index (χ3n) is 5.85. The highest BCUT2D eigenvalue weighted by molar-refractivity contribution is 5.78. The molecule has 30 heavy (non-hydrogen) atoms. The van der Waals surface area contributed by atoms with E-state index in [-0.39, 0.29) is 29.7 Å². The highest BCUT2D eigenvalue weighted by Crippen LogP contribution is 2.35. The smallest absolute Gasteiger partial charge is 0.222 e. The van der Waals surface area contributed by atoms with Crippen molar-refractivity contribution < 1.29 is 23.6 Å². The van der Waals surface area contributed by atoms with Gasteiger partial charge in [0.1, 0.15) is 18.4 Å². The van der Waals surface area contributed by atoms with Gasteiger partial charge < -0.3 is 19.7 Å². The number of ether oxygens (including phenoxy) is 2. The Morgan fingerprint density at radius 3 is 2.50 bits per heavy atom. The zero-order valence-corrected chi connectivity index (χ0v) is 18.4. The molecule has 2 aromatic rings. The van der Waals surface area contributed by atoms with Gasteiger partial charge in [0, 0.05) is 23.5 Å². The van der Waals surface area contributed by atoms with Crippen LogP contribution in [0.15, 0.2) is 36.4 Å². The zero-order valence-electron chi connectivity index (χ0n) is 18.4.